The van der Waals surface area contributed by atoms with E-state index in [0.29, 0.717) is 11.3 Å². The monoisotopic (exact) mass is 511 g/mol. The first-order chi connectivity index (χ1) is 17.2. The lowest BCUT2D eigenvalue weighted by molar-refractivity contribution is -0.541. The van der Waals surface area contributed by atoms with Crippen LogP contribution < -0.4 is 0 Å². The van der Waals surface area contributed by atoms with Crippen LogP contribution in [0.15, 0.2) is 95.0 Å². The summed E-state index contributed by atoms with van der Waals surface area (Å²) in [4.78, 5) is 22.5. The average molecular weight is 512 g/mol. The van der Waals surface area contributed by atoms with Gasteiger partial charge >= 0.3 is 0 Å². The number of hydrogen-bond donors (Lipinski definition) is 0. The summed E-state index contributed by atoms with van der Waals surface area (Å²) < 4.78 is 35.1. The predicted molar refractivity (Wildman–Crippen MR) is 131 cm³/mol. The van der Waals surface area contributed by atoms with E-state index in [1.807, 2.05) is 0 Å². The number of nitrogens with zero attached hydrogens (tertiary/aromatic N) is 3. The Balaban J connectivity index is 1.96. The first-order valence-electron chi connectivity index (χ1n) is 11.3. The largest absolute Gasteiger partial charge is 0.469 e. The Bertz CT molecular complexity index is 1340. The molecule has 0 spiro atoms. The molecule has 1 aliphatic rings. The van der Waals surface area contributed by atoms with Gasteiger partial charge in [0.05, 0.1) is 22.0 Å². The molecule has 10 nitrogen and oxygen atoms in total. The fourth-order valence-electron chi connectivity index (χ4n) is 5.16. The van der Waals surface area contributed by atoms with Crippen LogP contribution in [0.5, 0.6) is 0 Å². The number of nitro benzene ring substituents is 1. The quantitative estimate of drug-likeness (QED) is 0.237. The Morgan fingerprint density at radius 3 is 2.22 bits per heavy atom. The first kappa shape index (κ1) is 25.3. The van der Waals surface area contributed by atoms with Gasteiger partial charge in [0.2, 0.25) is 16.1 Å². The molecule has 188 valence electrons. The highest BCUT2D eigenvalue weighted by molar-refractivity contribution is 7.89. The van der Waals surface area contributed by atoms with Crippen LogP contribution in [-0.2, 0) is 10.0 Å². The van der Waals surface area contributed by atoms with Gasteiger partial charge in [-0.3, -0.25) is 20.2 Å². The molecular formula is C25H25N3O7S. The number of benzene rings is 2. The molecule has 5 atom stereocenters. The summed E-state index contributed by atoms with van der Waals surface area (Å²) in [5, 5.41) is 23.7. The van der Waals surface area contributed by atoms with Gasteiger partial charge in [-0.25, -0.2) is 8.42 Å². The van der Waals surface area contributed by atoms with Crippen molar-refractivity contribution in [3.63, 3.8) is 0 Å². The van der Waals surface area contributed by atoms with E-state index in [1.165, 1.54) is 10.6 Å². The Hall–Kier alpha value is -3.83. The molecule has 0 unspecified atom stereocenters. The van der Waals surface area contributed by atoms with Crippen LogP contribution in [-0.4, -0.2) is 34.7 Å². The number of piperidine rings is 1. The summed E-state index contributed by atoms with van der Waals surface area (Å²) >= 11 is 0. The normalized spacial score (nSPS) is 24.8. The van der Waals surface area contributed by atoms with Gasteiger partial charge in [-0.05, 0) is 42.2 Å². The molecule has 36 heavy (non-hydrogen) atoms. The van der Waals surface area contributed by atoms with Crippen LogP contribution in [0.2, 0.25) is 0 Å². The van der Waals surface area contributed by atoms with Gasteiger partial charge in [0.25, 0.3) is 5.69 Å². The van der Waals surface area contributed by atoms with Crippen LogP contribution >= 0.6 is 0 Å². The van der Waals surface area contributed by atoms with Crippen molar-refractivity contribution in [3.8, 4) is 0 Å². The highest BCUT2D eigenvalue weighted by Gasteiger charge is 2.58. The lowest BCUT2D eigenvalue weighted by Gasteiger charge is -2.48. The molecule has 0 amide bonds. The number of nitro groups is 2. The summed E-state index contributed by atoms with van der Waals surface area (Å²) in [5.74, 6) is -0.822. The van der Waals surface area contributed by atoms with Gasteiger partial charge in [-0.1, -0.05) is 43.3 Å². The van der Waals surface area contributed by atoms with E-state index in [0.717, 1.165) is 24.3 Å². The Morgan fingerprint density at radius 1 is 1.03 bits per heavy atom. The highest BCUT2D eigenvalue weighted by atomic mass is 32.2. The third-order valence-electron chi connectivity index (χ3n) is 6.75. The van der Waals surface area contributed by atoms with Gasteiger partial charge in [0.1, 0.15) is 11.8 Å². The second-order valence-corrected chi connectivity index (χ2v) is 10.6. The number of rotatable bonds is 8. The van der Waals surface area contributed by atoms with E-state index in [9.17, 15) is 28.6 Å². The minimum atomic E-state index is -4.34. The third-order valence-corrected chi connectivity index (χ3v) is 8.67. The second kappa shape index (κ2) is 10.0. The van der Waals surface area contributed by atoms with Gasteiger partial charge in [0, 0.05) is 23.1 Å². The molecule has 3 aromatic rings. The number of hydrogen-bond acceptors (Lipinski definition) is 7. The molecule has 0 bridgehead atoms. The molecule has 4 rings (SSSR count). The number of non-ortho nitro benzene ring substituents is 1. The molecule has 2 heterocycles. The van der Waals surface area contributed by atoms with Crippen LogP contribution in [0.1, 0.15) is 36.6 Å². The lowest BCUT2D eigenvalue weighted by Crippen LogP contribution is -2.59. The van der Waals surface area contributed by atoms with Crippen molar-refractivity contribution < 1.29 is 22.7 Å². The molecule has 2 aromatic carbocycles. The van der Waals surface area contributed by atoms with Crippen molar-refractivity contribution in [2.45, 2.75) is 42.3 Å². The van der Waals surface area contributed by atoms with Gasteiger partial charge in [0.15, 0.2) is 0 Å². The van der Waals surface area contributed by atoms with E-state index in [2.05, 4.69) is 6.58 Å². The molecule has 1 saturated heterocycles. The molecule has 1 aliphatic heterocycles. The van der Waals surface area contributed by atoms with Crippen molar-refractivity contribution >= 4 is 15.7 Å². The van der Waals surface area contributed by atoms with Crippen molar-refractivity contribution in [2.75, 3.05) is 0 Å². The highest BCUT2D eigenvalue weighted by Crippen LogP contribution is 2.50. The number of sulfonamides is 1. The molecule has 0 N–H and O–H groups in total. The molecule has 11 heteroatoms. The summed E-state index contributed by atoms with van der Waals surface area (Å²) in [7, 11) is -4.34. The van der Waals surface area contributed by atoms with Crippen molar-refractivity contribution in [1.29, 1.82) is 0 Å². The van der Waals surface area contributed by atoms with E-state index in [-0.39, 0.29) is 17.0 Å². The van der Waals surface area contributed by atoms with Crippen LogP contribution in [0.25, 0.3) is 0 Å². The first-order valence-corrected chi connectivity index (χ1v) is 12.7. The molecule has 1 aromatic heterocycles. The molecule has 0 saturated carbocycles. The summed E-state index contributed by atoms with van der Waals surface area (Å²) in [6, 6.07) is 13.1. The fraction of sp³-hybridized carbons (Fsp3) is 0.280. The second-order valence-electron chi connectivity index (χ2n) is 8.71. The van der Waals surface area contributed by atoms with E-state index < -0.39 is 49.8 Å². The molecule has 0 radical (unpaired) electrons. The maximum absolute atomic E-state index is 14.1. The molecule has 0 aliphatic carbocycles. The Labute approximate surface area is 208 Å². The van der Waals surface area contributed by atoms with E-state index >= 15 is 0 Å². The Kier molecular flexibility index (Phi) is 7.04. The SMILES string of the molecule is C=CC[C@@H]1[C@H](C)[C@@H](c2ccco2)[C@H]([N+](=O)[O-])[C@@H](c2ccccc2)N1S(=O)(=O)c1ccc([N+](=O)[O-])cc1. The average Bonchev–Trinajstić information content (AvgIpc) is 3.39. The van der Waals surface area contributed by atoms with Crippen molar-refractivity contribution in [2.24, 2.45) is 5.92 Å². The van der Waals surface area contributed by atoms with Crippen molar-refractivity contribution in [1.82, 2.24) is 4.31 Å². The van der Waals surface area contributed by atoms with Crippen molar-refractivity contribution in [3.05, 3.63) is 117 Å². The zero-order chi connectivity index (χ0) is 26.0. The smallest absolute Gasteiger partial charge is 0.269 e. The zero-order valence-corrected chi connectivity index (χ0v) is 20.2. The van der Waals surface area contributed by atoms with E-state index in [4.69, 9.17) is 4.42 Å². The maximum atomic E-state index is 14.1. The predicted octanol–water partition coefficient (Wildman–Crippen LogP) is 4.94. The Morgan fingerprint density at radius 2 is 1.69 bits per heavy atom. The fourth-order valence-corrected chi connectivity index (χ4v) is 7.07. The topological polar surface area (TPSA) is 137 Å². The van der Waals surface area contributed by atoms with Gasteiger partial charge < -0.3 is 4.42 Å². The minimum Gasteiger partial charge on any atom is -0.469 e. The summed E-state index contributed by atoms with van der Waals surface area (Å²) in [6.45, 7) is 5.57. The summed E-state index contributed by atoms with van der Waals surface area (Å²) in [6.07, 6.45) is 3.27. The summed E-state index contributed by atoms with van der Waals surface area (Å²) in [5.41, 5.74) is 0.200. The van der Waals surface area contributed by atoms with E-state index in [1.54, 1.807) is 55.5 Å². The lowest BCUT2D eigenvalue weighted by atomic mass is 9.72. The zero-order valence-electron chi connectivity index (χ0n) is 19.4. The van der Waals surface area contributed by atoms with Gasteiger partial charge in [-0.15, -0.1) is 6.58 Å². The molecule has 1 fully saturated rings. The number of furan rings is 1. The van der Waals surface area contributed by atoms with Gasteiger partial charge in [-0.2, -0.15) is 4.31 Å². The van der Waals surface area contributed by atoms with Crippen LogP contribution in [0.4, 0.5) is 5.69 Å². The minimum absolute atomic E-state index is 0.186. The maximum Gasteiger partial charge on any atom is 0.269 e. The van der Waals surface area contributed by atoms with Crippen LogP contribution in [0.3, 0.4) is 0 Å². The van der Waals surface area contributed by atoms with Crippen LogP contribution in [0, 0.1) is 26.1 Å². The third kappa shape index (κ3) is 4.42. The standard InChI is InChI=1S/C25H25N3O7S/c1-3-8-21-17(2)23(22-11-7-16-35-22)25(28(31)32)24(18-9-5-4-6-10-18)26(21)36(33,34)20-14-12-19(13-15-20)27(29)30/h3-7,9-17,21,23-25H,1,8H2,2H3/t17-,21+,23-,24+,25-/m0/s1. The molecular weight excluding hydrogens is 486 g/mol.